The first-order valence-corrected chi connectivity index (χ1v) is 6.59. The Bertz CT molecular complexity index is 268. The van der Waals surface area contributed by atoms with Crippen LogP contribution in [0.1, 0.15) is 46.5 Å². The van der Waals surface area contributed by atoms with E-state index in [0.717, 1.165) is 6.42 Å². The number of carboxylic acids is 1. The summed E-state index contributed by atoms with van der Waals surface area (Å²) in [6.07, 6.45) is 1.67. The highest BCUT2D eigenvalue weighted by atomic mass is 16.4. The van der Waals surface area contributed by atoms with Crippen molar-refractivity contribution in [2.75, 3.05) is 19.7 Å². The molecule has 0 radical (unpaired) electrons. The molecule has 2 N–H and O–H groups in total. The standard InChI is InChI=1S/C13H25NO4/c1-4-7-14(8-9-15)11(16)10-13(5-2,6-3)12(17)18/h15H,4-10H2,1-3H3,(H,17,18). The van der Waals surface area contributed by atoms with Gasteiger partial charge in [0, 0.05) is 19.5 Å². The zero-order chi connectivity index (χ0) is 14.2. The lowest BCUT2D eigenvalue weighted by molar-refractivity contribution is -0.154. The predicted molar refractivity (Wildman–Crippen MR) is 69.2 cm³/mol. The van der Waals surface area contributed by atoms with Crippen molar-refractivity contribution in [3.05, 3.63) is 0 Å². The van der Waals surface area contributed by atoms with Gasteiger partial charge in [0.1, 0.15) is 0 Å². The first kappa shape index (κ1) is 16.9. The molecule has 0 spiro atoms. The summed E-state index contributed by atoms with van der Waals surface area (Å²) < 4.78 is 0. The third-order valence-corrected chi connectivity index (χ3v) is 3.51. The van der Waals surface area contributed by atoms with E-state index in [1.165, 1.54) is 0 Å². The fraction of sp³-hybridized carbons (Fsp3) is 0.846. The Morgan fingerprint density at radius 1 is 1.11 bits per heavy atom. The molecule has 0 aromatic carbocycles. The monoisotopic (exact) mass is 259 g/mol. The Morgan fingerprint density at radius 3 is 2.00 bits per heavy atom. The van der Waals surface area contributed by atoms with Gasteiger partial charge in [-0.15, -0.1) is 0 Å². The van der Waals surface area contributed by atoms with Crippen LogP contribution in [0.25, 0.3) is 0 Å². The molecule has 0 rings (SSSR count). The highest BCUT2D eigenvalue weighted by Crippen LogP contribution is 2.31. The average molecular weight is 259 g/mol. The molecule has 0 aromatic heterocycles. The van der Waals surface area contributed by atoms with Crippen LogP contribution in [0.5, 0.6) is 0 Å². The highest BCUT2D eigenvalue weighted by molar-refractivity contribution is 5.85. The minimum atomic E-state index is -0.974. The van der Waals surface area contributed by atoms with Crippen LogP contribution in [0.4, 0.5) is 0 Å². The molecule has 106 valence electrons. The smallest absolute Gasteiger partial charge is 0.310 e. The number of hydrogen-bond acceptors (Lipinski definition) is 3. The number of aliphatic hydroxyl groups excluding tert-OH is 1. The van der Waals surface area contributed by atoms with E-state index in [-0.39, 0.29) is 25.5 Å². The number of nitrogens with zero attached hydrogens (tertiary/aromatic N) is 1. The lowest BCUT2D eigenvalue weighted by Gasteiger charge is -2.29. The van der Waals surface area contributed by atoms with Crippen LogP contribution in [0.15, 0.2) is 0 Å². The average Bonchev–Trinajstić information content (AvgIpc) is 2.35. The zero-order valence-electron chi connectivity index (χ0n) is 11.6. The summed E-state index contributed by atoms with van der Waals surface area (Å²) in [5.41, 5.74) is -0.974. The molecule has 0 bridgehead atoms. The number of aliphatic hydroxyl groups is 1. The van der Waals surface area contributed by atoms with Crippen molar-refractivity contribution in [2.24, 2.45) is 5.41 Å². The summed E-state index contributed by atoms with van der Waals surface area (Å²) >= 11 is 0. The molecule has 0 aliphatic heterocycles. The van der Waals surface area contributed by atoms with Crippen molar-refractivity contribution in [1.82, 2.24) is 4.90 Å². The van der Waals surface area contributed by atoms with Crippen LogP contribution >= 0.6 is 0 Å². The topological polar surface area (TPSA) is 77.8 Å². The van der Waals surface area contributed by atoms with E-state index in [0.29, 0.717) is 19.4 Å². The molecule has 18 heavy (non-hydrogen) atoms. The summed E-state index contributed by atoms with van der Waals surface area (Å²) in [6.45, 7) is 6.27. The summed E-state index contributed by atoms with van der Waals surface area (Å²) in [4.78, 5) is 25.0. The van der Waals surface area contributed by atoms with Crippen molar-refractivity contribution in [3.63, 3.8) is 0 Å². The number of hydrogen-bond donors (Lipinski definition) is 2. The van der Waals surface area contributed by atoms with E-state index in [2.05, 4.69) is 0 Å². The minimum absolute atomic E-state index is 0.00926. The predicted octanol–water partition coefficient (Wildman–Crippen LogP) is 1.50. The maximum absolute atomic E-state index is 12.1. The summed E-state index contributed by atoms with van der Waals surface area (Å²) in [7, 11) is 0. The minimum Gasteiger partial charge on any atom is -0.481 e. The second kappa shape index (κ2) is 8.08. The number of amides is 1. The lowest BCUT2D eigenvalue weighted by Crippen LogP contribution is -2.40. The quantitative estimate of drug-likeness (QED) is 0.657. The van der Waals surface area contributed by atoms with E-state index >= 15 is 0 Å². The van der Waals surface area contributed by atoms with Crippen LogP contribution in [-0.2, 0) is 9.59 Å². The molecule has 0 heterocycles. The van der Waals surface area contributed by atoms with Gasteiger partial charge in [0.15, 0.2) is 0 Å². The molecule has 0 saturated carbocycles. The lowest BCUT2D eigenvalue weighted by atomic mass is 9.79. The Morgan fingerprint density at radius 2 is 1.67 bits per heavy atom. The molecule has 0 aromatic rings. The van der Waals surface area contributed by atoms with Crippen LogP contribution in [0, 0.1) is 5.41 Å². The van der Waals surface area contributed by atoms with E-state index in [1.54, 1.807) is 18.7 Å². The second-order valence-corrected chi connectivity index (χ2v) is 4.57. The Balaban J connectivity index is 4.80. The largest absolute Gasteiger partial charge is 0.481 e. The fourth-order valence-electron chi connectivity index (χ4n) is 2.03. The van der Waals surface area contributed by atoms with Crippen molar-refractivity contribution in [3.8, 4) is 0 Å². The Kier molecular flexibility index (Phi) is 7.59. The van der Waals surface area contributed by atoms with Gasteiger partial charge in [-0.05, 0) is 19.3 Å². The Labute approximate surface area is 109 Å². The van der Waals surface area contributed by atoms with Crippen molar-refractivity contribution in [2.45, 2.75) is 46.5 Å². The van der Waals surface area contributed by atoms with Crippen molar-refractivity contribution >= 4 is 11.9 Å². The number of rotatable bonds is 9. The van der Waals surface area contributed by atoms with Gasteiger partial charge >= 0.3 is 5.97 Å². The highest BCUT2D eigenvalue weighted by Gasteiger charge is 2.38. The van der Waals surface area contributed by atoms with Crippen molar-refractivity contribution in [1.29, 1.82) is 0 Å². The maximum Gasteiger partial charge on any atom is 0.310 e. The van der Waals surface area contributed by atoms with Crippen LogP contribution in [0.3, 0.4) is 0 Å². The number of aliphatic carboxylic acids is 1. The molecule has 5 nitrogen and oxygen atoms in total. The third kappa shape index (κ3) is 4.29. The molecule has 0 saturated heterocycles. The van der Waals surface area contributed by atoms with Crippen LogP contribution in [0.2, 0.25) is 0 Å². The molecule has 0 atom stereocenters. The molecular weight excluding hydrogens is 234 g/mol. The van der Waals surface area contributed by atoms with Gasteiger partial charge < -0.3 is 15.1 Å². The SMILES string of the molecule is CCCN(CCO)C(=O)CC(CC)(CC)C(=O)O. The summed E-state index contributed by atoms with van der Waals surface area (Å²) in [5.74, 6) is -1.10. The van der Waals surface area contributed by atoms with Gasteiger partial charge in [-0.1, -0.05) is 20.8 Å². The summed E-state index contributed by atoms with van der Waals surface area (Å²) in [6, 6.07) is 0. The van der Waals surface area contributed by atoms with Crippen LogP contribution < -0.4 is 0 Å². The normalized spacial score (nSPS) is 11.3. The molecule has 0 aliphatic rings. The van der Waals surface area contributed by atoms with Gasteiger partial charge in [0.05, 0.1) is 12.0 Å². The molecular formula is C13H25NO4. The van der Waals surface area contributed by atoms with E-state index < -0.39 is 11.4 Å². The molecule has 1 amide bonds. The molecule has 0 unspecified atom stereocenters. The van der Waals surface area contributed by atoms with Gasteiger partial charge in [0.25, 0.3) is 0 Å². The number of carboxylic acid groups (broad SMARTS) is 1. The van der Waals surface area contributed by atoms with Crippen molar-refractivity contribution < 1.29 is 19.8 Å². The van der Waals surface area contributed by atoms with E-state index in [1.807, 2.05) is 6.92 Å². The summed E-state index contributed by atoms with van der Waals surface area (Å²) in [5, 5.41) is 18.2. The Hall–Kier alpha value is -1.10. The van der Waals surface area contributed by atoms with E-state index in [9.17, 15) is 14.7 Å². The maximum atomic E-state index is 12.1. The van der Waals surface area contributed by atoms with Gasteiger partial charge in [0.2, 0.25) is 5.91 Å². The van der Waals surface area contributed by atoms with Gasteiger partial charge in [-0.2, -0.15) is 0 Å². The third-order valence-electron chi connectivity index (χ3n) is 3.51. The first-order valence-electron chi connectivity index (χ1n) is 6.59. The zero-order valence-corrected chi connectivity index (χ0v) is 11.6. The van der Waals surface area contributed by atoms with E-state index in [4.69, 9.17) is 5.11 Å². The number of carbonyl (C=O) groups is 2. The molecule has 5 heteroatoms. The fourth-order valence-corrected chi connectivity index (χ4v) is 2.03. The number of carbonyl (C=O) groups excluding carboxylic acids is 1. The second-order valence-electron chi connectivity index (χ2n) is 4.57. The first-order chi connectivity index (χ1) is 8.47. The van der Waals surface area contributed by atoms with Gasteiger partial charge in [-0.25, -0.2) is 0 Å². The van der Waals surface area contributed by atoms with Gasteiger partial charge in [-0.3, -0.25) is 9.59 Å². The van der Waals surface area contributed by atoms with Crippen LogP contribution in [-0.4, -0.2) is 46.7 Å². The molecule has 0 aliphatic carbocycles. The molecule has 0 fully saturated rings.